The van der Waals surface area contributed by atoms with E-state index in [1.54, 1.807) is 0 Å². The summed E-state index contributed by atoms with van der Waals surface area (Å²) in [4.78, 5) is 20.8. The Morgan fingerprint density at radius 3 is 1.98 bits per heavy atom. The van der Waals surface area contributed by atoms with Gasteiger partial charge in [-0.15, -0.1) is 0 Å². The highest BCUT2D eigenvalue weighted by Gasteiger charge is 2.26. The molecule has 10 aromatic rings. The van der Waals surface area contributed by atoms with Gasteiger partial charge in [0.25, 0.3) is 0 Å². The van der Waals surface area contributed by atoms with E-state index in [2.05, 4.69) is 158 Å². The molecule has 0 saturated carbocycles. The highest BCUT2D eigenvalue weighted by atomic mass is 14.9. The van der Waals surface area contributed by atoms with Crippen LogP contribution in [0.5, 0.6) is 0 Å². The van der Waals surface area contributed by atoms with Gasteiger partial charge in [-0.25, -0.2) is 15.0 Å². The second-order valence-electron chi connectivity index (χ2n) is 13.8. The Balaban J connectivity index is 1.20. The highest BCUT2D eigenvalue weighted by Crippen LogP contribution is 2.43. The lowest BCUT2D eigenvalue weighted by atomic mass is 9.91. The smallest absolute Gasteiger partial charge is 0.160 e. The molecule has 0 aliphatic heterocycles. The quantitative estimate of drug-likeness (QED) is 0.174. The molecule has 11 rings (SSSR count). The van der Waals surface area contributed by atoms with Gasteiger partial charge >= 0.3 is 0 Å². The molecule has 0 N–H and O–H groups in total. The molecule has 0 bridgehead atoms. The number of nitrogens with zero attached hydrogens (tertiary/aromatic N) is 4. The molecule has 0 fully saturated rings. The molecule has 1 aliphatic carbocycles. The summed E-state index contributed by atoms with van der Waals surface area (Å²) in [7, 11) is 0. The number of rotatable bonds is 4. The lowest BCUT2D eigenvalue weighted by Gasteiger charge is -2.16. The fourth-order valence-corrected chi connectivity index (χ4v) is 8.17. The van der Waals surface area contributed by atoms with Crippen molar-refractivity contribution in [2.45, 2.75) is 6.42 Å². The third kappa shape index (κ3) is 4.84. The summed E-state index contributed by atoms with van der Waals surface area (Å²) in [6.45, 7) is 0. The third-order valence-electron chi connectivity index (χ3n) is 10.7. The summed E-state index contributed by atoms with van der Waals surface area (Å²) in [6, 6.07) is 58.1. The standard InChI is InChI=1S/C49H30N4/c1-2-11-30(12-3-1)45-43-29-34-14-5-7-17-39(34)48(43)53-49(52-45)37-26-35(42-28-33-13-4-6-16-38(33)40-18-8-9-19-41(40)42)25-36(27-37)44-23-22-32-21-20-31-15-10-24-50-46(31)47(32)51-44/h1-28H,29H2. The van der Waals surface area contributed by atoms with Crippen LogP contribution in [0, 0.1) is 0 Å². The van der Waals surface area contributed by atoms with Gasteiger partial charge in [-0.05, 0) is 74.6 Å². The van der Waals surface area contributed by atoms with E-state index in [1.165, 1.54) is 38.2 Å². The van der Waals surface area contributed by atoms with Crippen molar-refractivity contribution >= 4 is 43.4 Å². The number of fused-ring (bicyclic) bond motifs is 9. The molecule has 7 aromatic carbocycles. The van der Waals surface area contributed by atoms with Crippen molar-refractivity contribution in [1.29, 1.82) is 0 Å². The van der Waals surface area contributed by atoms with E-state index in [4.69, 9.17) is 19.9 Å². The predicted molar refractivity (Wildman–Crippen MR) is 218 cm³/mol. The number of hydrogen-bond donors (Lipinski definition) is 0. The Bertz CT molecular complexity index is 3090. The number of aromatic nitrogens is 4. The number of benzene rings is 7. The van der Waals surface area contributed by atoms with Gasteiger partial charge in [-0.1, -0.05) is 127 Å². The van der Waals surface area contributed by atoms with Crippen LogP contribution in [-0.2, 0) is 6.42 Å². The molecule has 4 nitrogen and oxygen atoms in total. The Hall–Kier alpha value is -7.04. The zero-order valence-electron chi connectivity index (χ0n) is 28.7. The molecule has 3 heterocycles. The van der Waals surface area contributed by atoms with Crippen LogP contribution in [0.15, 0.2) is 170 Å². The topological polar surface area (TPSA) is 51.6 Å². The van der Waals surface area contributed by atoms with Crippen LogP contribution < -0.4 is 0 Å². The normalized spacial score (nSPS) is 12.1. The van der Waals surface area contributed by atoms with Crippen LogP contribution in [-0.4, -0.2) is 19.9 Å². The molecule has 0 amide bonds. The molecule has 0 saturated heterocycles. The number of pyridine rings is 2. The van der Waals surface area contributed by atoms with Gasteiger partial charge in [0.2, 0.25) is 0 Å². The average molecular weight is 675 g/mol. The van der Waals surface area contributed by atoms with Crippen LogP contribution in [0.25, 0.3) is 99.6 Å². The van der Waals surface area contributed by atoms with Crippen molar-refractivity contribution in [3.05, 3.63) is 181 Å². The summed E-state index contributed by atoms with van der Waals surface area (Å²) < 4.78 is 0. The first-order chi connectivity index (χ1) is 26.2. The lowest BCUT2D eigenvalue weighted by molar-refractivity contribution is 1.13. The third-order valence-corrected chi connectivity index (χ3v) is 10.7. The fourth-order valence-electron chi connectivity index (χ4n) is 8.17. The average Bonchev–Trinajstić information content (AvgIpc) is 3.61. The maximum atomic E-state index is 5.40. The molecule has 0 atom stereocenters. The minimum Gasteiger partial charge on any atom is -0.254 e. The van der Waals surface area contributed by atoms with Crippen molar-refractivity contribution in [2.24, 2.45) is 0 Å². The molecular weight excluding hydrogens is 645 g/mol. The second kappa shape index (κ2) is 11.8. The summed E-state index contributed by atoms with van der Waals surface area (Å²) in [5.41, 5.74) is 13.6. The fraction of sp³-hybridized carbons (Fsp3) is 0.0204. The largest absolute Gasteiger partial charge is 0.254 e. The summed E-state index contributed by atoms with van der Waals surface area (Å²) in [5.74, 6) is 0.695. The second-order valence-corrected chi connectivity index (χ2v) is 13.8. The minimum atomic E-state index is 0.695. The highest BCUT2D eigenvalue weighted by molar-refractivity contribution is 6.14. The van der Waals surface area contributed by atoms with Crippen LogP contribution in [0.4, 0.5) is 0 Å². The molecule has 53 heavy (non-hydrogen) atoms. The molecule has 246 valence electrons. The van der Waals surface area contributed by atoms with Crippen LogP contribution in [0.3, 0.4) is 0 Å². The van der Waals surface area contributed by atoms with E-state index >= 15 is 0 Å². The van der Waals surface area contributed by atoms with Crippen LogP contribution >= 0.6 is 0 Å². The zero-order valence-corrected chi connectivity index (χ0v) is 28.7. The zero-order chi connectivity index (χ0) is 34.9. The summed E-state index contributed by atoms with van der Waals surface area (Å²) in [5, 5.41) is 7.00. The van der Waals surface area contributed by atoms with Gasteiger partial charge in [0.15, 0.2) is 5.82 Å². The lowest BCUT2D eigenvalue weighted by Crippen LogP contribution is -2.00. The first-order valence-corrected chi connectivity index (χ1v) is 18.0. The molecular formula is C49H30N4. The van der Waals surface area contributed by atoms with Gasteiger partial charge in [-0.2, -0.15) is 0 Å². The van der Waals surface area contributed by atoms with Crippen molar-refractivity contribution in [1.82, 2.24) is 19.9 Å². The predicted octanol–water partition coefficient (Wildman–Crippen LogP) is 12.1. The summed E-state index contributed by atoms with van der Waals surface area (Å²) in [6.07, 6.45) is 2.65. The van der Waals surface area contributed by atoms with Crippen molar-refractivity contribution < 1.29 is 0 Å². The SMILES string of the molecule is c1ccc(-c2nc(-c3cc(-c4ccc5ccc6cccnc6c5n4)cc(-c4cc5ccccc5c5ccccc45)c3)nc3c2Cc2ccccc2-3)cc1. The first kappa shape index (κ1) is 29.7. The first-order valence-electron chi connectivity index (χ1n) is 18.0. The molecule has 0 unspecified atom stereocenters. The number of hydrogen-bond acceptors (Lipinski definition) is 4. The van der Waals surface area contributed by atoms with Gasteiger partial charge < -0.3 is 0 Å². The monoisotopic (exact) mass is 674 g/mol. The van der Waals surface area contributed by atoms with E-state index in [9.17, 15) is 0 Å². The van der Waals surface area contributed by atoms with E-state index in [0.717, 1.165) is 73.1 Å². The van der Waals surface area contributed by atoms with Crippen LogP contribution in [0.2, 0.25) is 0 Å². The van der Waals surface area contributed by atoms with Crippen molar-refractivity contribution in [3.63, 3.8) is 0 Å². The van der Waals surface area contributed by atoms with Gasteiger partial charge in [0, 0.05) is 51.2 Å². The van der Waals surface area contributed by atoms with Gasteiger partial charge in [0.05, 0.1) is 28.1 Å². The van der Waals surface area contributed by atoms with Gasteiger partial charge in [0.1, 0.15) is 0 Å². The van der Waals surface area contributed by atoms with E-state index in [1.807, 2.05) is 12.3 Å². The minimum absolute atomic E-state index is 0.695. The van der Waals surface area contributed by atoms with Gasteiger partial charge in [-0.3, -0.25) is 4.98 Å². The van der Waals surface area contributed by atoms with Crippen molar-refractivity contribution in [3.8, 4) is 56.3 Å². The van der Waals surface area contributed by atoms with E-state index in [-0.39, 0.29) is 0 Å². The van der Waals surface area contributed by atoms with Crippen LogP contribution in [0.1, 0.15) is 11.1 Å². The van der Waals surface area contributed by atoms with E-state index in [0.29, 0.717) is 5.82 Å². The molecule has 0 spiro atoms. The Morgan fingerprint density at radius 2 is 1.08 bits per heavy atom. The Morgan fingerprint density at radius 1 is 0.396 bits per heavy atom. The summed E-state index contributed by atoms with van der Waals surface area (Å²) >= 11 is 0. The van der Waals surface area contributed by atoms with Crippen molar-refractivity contribution in [2.75, 3.05) is 0 Å². The van der Waals surface area contributed by atoms with E-state index < -0.39 is 0 Å². The molecule has 0 radical (unpaired) electrons. The molecule has 3 aromatic heterocycles. The molecule has 4 heteroatoms. The Labute approximate surface area is 306 Å². The maximum absolute atomic E-state index is 5.40. The Kier molecular flexibility index (Phi) is 6.58. The molecule has 1 aliphatic rings. The maximum Gasteiger partial charge on any atom is 0.160 e.